The van der Waals surface area contributed by atoms with Gasteiger partial charge in [-0.25, -0.2) is 4.98 Å². The number of nitrogens with one attached hydrogen (secondary N) is 1. The van der Waals surface area contributed by atoms with Crippen LogP contribution in [0.25, 0.3) is 17.3 Å². The van der Waals surface area contributed by atoms with Gasteiger partial charge in [0.25, 0.3) is 5.56 Å². The molecule has 3 rings (SSSR count). The van der Waals surface area contributed by atoms with Crippen LogP contribution in [-0.2, 0) is 0 Å². The molecule has 0 aliphatic carbocycles. The van der Waals surface area contributed by atoms with E-state index in [4.69, 9.17) is 0 Å². The highest BCUT2D eigenvalue weighted by Gasteiger charge is 2.03. The van der Waals surface area contributed by atoms with Gasteiger partial charge in [0.05, 0.1) is 5.69 Å². The van der Waals surface area contributed by atoms with Crippen LogP contribution in [0, 0.1) is 0 Å². The fourth-order valence-electron chi connectivity index (χ4n) is 2.14. The fourth-order valence-corrected chi connectivity index (χ4v) is 2.82. The smallest absolute Gasteiger partial charge is 0.252 e. The van der Waals surface area contributed by atoms with E-state index in [1.807, 2.05) is 48.5 Å². The minimum atomic E-state index is -0.131. The summed E-state index contributed by atoms with van der Waals surface area (Å²) in [7, 11) is 0. The molecule has 3 aromatic rings. The third-order valence-electron chi connectivity index (χ3n) is 3.22. The second-order valence-electron chi connectivity index (χ2n) is 4.93. The predicted molar refractivity (Wildman–Crippen MR) is 96.5 cm³/mol. The molecule has 0 aliphatic rings. The Morgan fingerprint density at radius 3 is 2.43 bits per heavy atom. The molecular weight excluding hydrogens is 304 g/mol. The van der Waals surface area contributed by atoms with Crippen molar-refractivity contribution < 1.29 is 0 Å². The Balaban J connectivity index is 1.70. The van der Waals surface area contributed by atoms with E-state index < -0.39 is 0 Å². The minimum Gasteiger partial charge on any atom is -0.301 e. The van der Waals surface area contributed by atoms with Gasteiger partial charge in [-0.05, 0) is 5.56 Å². The molecule has 0 unspecified atom stereocenters. The number of nitrogens with zero attached hydrogens (tertiary/aromatic N) is 1. The van der Waals surface area contributed by atoms with E-state index in [0.29, 0.717) is 10.9 Å². The first-order valence-electron chi connectivity index (χ1n) is 7.32. The molecule has 1 N–H and O–H groups in total. The maximum atomic E-state index is 11.8. The first-order valence-corrected chi connectivity index (χ1v) is 8.31. The van der Waals surface area contributed by atoms with E-state index >= 15 is 0 Å². The van der Waals surface area contributed by atoms with E-state index in [1.54, 1.807) is 0 Å². The molecule has 0 amide bonds. The molecule has 3 nitrogen and oxygen atoms in total. The number of benzene rings is 2. The van der Waals surface area contributed by atoms with Crippen LogP contribution >= 0.6 is 11.8 Å². The molecule has 114 valence electrons. The lowest BCUT2D eigenvalue weighted by molar-refractivity contribution is 0.944. The molecule has 0 aliphatic heterocycles. The highest BCUT2D eigenvalue weighted by Crippen LogP contribution is 2.18. The van der Waals surface area contributed by atoms with Crippen LogP contribution in [0.5, 0.6) is 0 Å². The van der Waals surface area contributed by atoms with E-state index in [-0.39, 0.29) is 5.56 Å². The van der Waals surface area contributed by atoms with Gasteiger partial charge in [0.15, 0.2) is 5.16 Å². The molecular formula is C19H16N2OS. The largest absolute Gasteiger partial charge is 0.301 e. The number of aromatic amines is 1. The van der Waals surface area contributed by atoms with Crippen molar-refractivity contribution in [3.8, 4) is 11.3 Å². The first kappa shape index (κ1) is 15.3. The molecule has 0 radical (unpaired) electrons. The number of hydrogen-bond donors (Lipinski definition) is 1. The van der Waals surface area contributed by atoms with Gasteiger partial charge in [-0.1, -0.05) is 84.6 Å². The molecule has 23 heavy (non-hydrogen) atoms. The summed E-state index contributed by atoms with van der Waals surface area (Å²) in [6.45, 7) is 0. The first-order chi connectivity index (χ1) is 11.3. The summed E-state index contributed by atoms with van der Waals surface area (Å²) < 4.78 is 0. The number of aromatic nitrogens is 2. The quantitative estimate of drug-likeness (QED) is 0.565. The summed E-state index contributed by atoms with van der Waals surface area (Å²) in [5.41, 5.74) is 2.67. The van der Waals surface area contributed by atoms with Gasteiger partial charge in [-0.3, -0.25) is 4.79 Å². The lowest BCUT2D eigenvalue weighted by Gasteiger charge is -2.03. The molecule has 0 saturated heterocycles. The number of hydrogen-bond acceptors (Lipinski definition) is 3. The fraction of sp³-hybridized carbons (Fsp3) is 0.0526. The second-order valence-corrected chi connectivity index (χ2v) is 5.93. The maximum absolute atomic E-state index is 11.8. The number of thioether (sulfide) groups is 1. The van der Waals surface area contributed by atoms with Gasteiger partial charge in [-0.15, -0.1) is 0 Å². The molecule has 0 saturated carbocycles. The average Bonchev–Trinajstić information content (AvgIpc) is 2.60. The third-order valence-corrected chi connectivity index (χ3v) is 4.04. The van der Waals surface area contributed by atoms with Crippen molar-refractivity contribution in [1.82, 2.24) is 9.97 Å². The average molecular weight is 320 g/mol. The molecule has 2 aromatic carbocycles. The molecule has 4 heteroatoms. The summed E-state index contributed by atoms with van der Waals surface area (Å²) in [4.78, 5) is 19.1. The highest BCUT2D eigenvalue weighted by molar-refractivity contribution is 7.99. The van der Waals surface area contributed by atoms with Crippen molar-refractivity contribution >= 4 is 17.8 Å². The minimum absolute atomic E-state index is 0.131. The SMILES string of the molecule is O=c1cc(-c2ccccc2)nc(SCC=Cc2ccccc2)[nH]1. The Labute approximate surface area is 139 Å². The van der Waals surface area contributed by atoms with E-state index in [9.17, 15) is 4.79 Å². The zero-order chi connectivity index (χ0) is 15.9. The standard InChI is InChI=1S/C19H16N2OS/c22-18-14-17(16-11-5-2-6-12-16)20-19(21-18)23-13-7-10-15-8-3-1-4-9-15/h1-12,14H,13H2,(H,20,21,22). The van der Waals surface area contributed by atoms with Crippen LogP contribution in [0.2, 0.25) is 0 Å². The summed E-state index contributed by atoms with van der Waals surface area (Å²) in [6, 6.07) is 21.4. The lowest BCUT2D eigenvalue weighted by atomic mass is 10.1. The van der Waals surface area contributed by atoms with E-state index in [2.05, 4.69) is 34.3 Å². The Bertz CT molecular complexity index is 842. The van der Waals surface area contributed by atoms with Crippen molar-refractivity contribution in [3.63, 3.8) is 0 Å². The van der Waals surface area contributed by atoms with Gasteiger partial charge >= 0.3 is 0 Å². The molecule has 1 aromatic heterocycles. The molecule has 0 spiro atoms. The second kappa shape index (κ2) is 7.61. The van der Waals surface area contributed by atoms with E-state index in [0.717, 1.165) is 16.9 Å². The van der Waals surface area contributed by atoms with Crippen LogP contribution in [0.15, 0.2) is 82.8 Å². The highest BCUT2D eigenvalue weighted by atomic mass is 32.2. The lowest BCUT2D eigenvalue weighted by Crippen LogP contribution is -2.08. The topological polar surface area (TPSA) is 45.8 Å². The summed E-state index contributed by atoms with van der Waals surface area (Å²) >= 11 is 1.51. The van der Waals surface area contributed by atoms with Gasteiger partial charge in [0.1, 0.15) is 0 Å². The Kier molecular flexibility index (Phi) is 5.06. The molecule has 0 bridgehead atoms. The summed E-state index contributed by atoms with van der Waals surface area (Å²) in [5, 5.41) is 0.633. The monoisotopic (exact) mass is 320 g/mol. The van der Waals surface area contributed by atoms with Gasteiger partial charge in [0, 0.05) is 17.4 Å². The van der Waals surface area contributed by atoms with Crippen LogP contribution < -0.4 is 5.56 Å². The summed E-state index contributed by atoms with van der Waals surface area (Å²) in [6.07, 6.45) is 4.13. The van der Waals surface area contributed by atoms with Crippen molar-refractivity contribution in [3.05, 3.63) is 88.7 Å². The Morgan fingerprint density at radius 1 is 1.00 bits per heavy atom. The normalized spacial score (nSPS) is 11.0. The van der Waals surface area contributed by atoms with Crippen LogP contribution in [-0.4, -0.2) is 15.7 Å². The van der Waals surface area contributed by atoms with Gasteiger partial charge < -0.3 is 4.98 Å². The summed E-state index contributed by atoms with van der Waals surface area (Å²) in [5.74, 6) is 0.746. The zero-order valence-corrected chi connectivity index (χ0v) is 13.3. The molecule has 0 fully saturated rings. The van der Waals surface area contributed by atoms with Crippen LogP contribution in [0.1, 0.15) is 5.56 Å². The van der Waals surface area contributed by atoms with Crippen LogP contribution in [0.3, 0.4) is 0 Å². The zero-order valence-electron chi connectivity index (χ0n) is 12.5. The van der Waals surface area contributed by atoms with Crippen molar-refractivity contribution in [2.45, 2.75) is 5.16 Å². The number of rotatable bonds is 5. The maximum Gasteiger partial charge on any atom is 0.252 e. The van der Waals surface area contributed by atoms with E-state index in [1.165, 1.54) is 17.8 Å². The predicted octanol–water partition coefficient (Wildman–Crippen LogP) is 4.24. The van der Waals surface area contributed by atoms with Crippen molar-refractivity contribution in [1.29, 1.82) is 0 Å². The Hall–Kier alpha value is -2.59. The van der Waals surface area contributed by atoms with Gasteiger partial charge in [0.2, 0.25) is 0 Å². The molecule has 1 heterocycles. The van der Waals surface area contributed by atoms with Gasteiger partial charge in [-0.2, -0.15) is 0 Å². The van der Waals surface area contributed by atoms with Crippen molar-refractivity contribution in [2.24, 2.45) is 0 Å². The number of H-pyrrole nitrogens is 1. The third kappa shape index (κ3) is 4.44. The van der Waals surface area contributed by atoms with Crippen LogP contribution in [0.4, 0.5) is 0 Å². The molecule has 0 atom stereocenters. The Morgan fingerprint density at radius 2 is 1.70 bits per heavy atom. The van der Waals surface area contributed by atoms with Crippen molar-refractivity contribution in [2.75, 3.05) is 5.75 Å².